The monoisotopic (exact) mass is 306 g/mol. The molecule has 0 heterocycles. The third kappa shape index (κ3) is 7.22. The van der Waals surface area contributed by atoms with E-state index >= 15 is 0 Å². The molecule has 0 aliphatic rings. The van der Waals surface area contributed by atoms with Crippen LogP contribution < -0.4 is 11.1 Å². The zero-order valence-electron chi connectivity index (χ0n) is 13.3. The van der Waals surface area contributed by atoms with Crippen LogP contribution in [0.5, 0.6) is 0 Å². The molecule has 5 nitrogen and oxygen atoms in total. The lowest BCUT2D eigenvalue weighted by Crippen LogP contribution is -2.36. The van der Waals surface area contributed by atoms with E-state index in [9.17, 15) is 9.59 Å². The molecule has 122 valence electrons. The molecule has 0 aliphatic carbocycles. The first-order valence-electron chi connectivity index (χ1n) is 7.71. The molecule has 1 aromatic carbocycles. The number of hydrogen-bond donors (Lipinski definition) is 3. The number of amides is 1. The van der Waals surface area contributed by atoms with Crippen LogP contribution in [0.25, 0.3) is 0 Å². The summed E-state index contributed by atoms with van der Waals surface area (Å²) in [6, 6.07) is 7.40. The molecule has 0 saturated heterocycles. The number of aliphatic carboxylic acids is 1. The van der Waals surface area contributed by atoms with E-state index in [1.165, 1.54) is 11.1 Å². The Bertz CT molecular complexity index is 485. The number of carbonyl (C=O) groups is 2. The molecule has 0 saturated carbocycles. The maximum absolute atomic E-state index is 11.8. The number of benzene rings is 1. The number of carboxylic acid groups (broad SMARTS) is 1. The van der Waals surface area contributed by atoms with Crippen molar-refractivity contribution in [3.8, 4) is 0 Å². The van der Waals surface area contributed by atoms with Gasteiger partial charge < -0.3 is 16.2 Å². The minimum Gasteiger partial charge on any atom is -0.480 e. The van der Waals surface area contributed by atoms with E-state index in [1.54, 1.807) is 0 Å². The smallest absolute Gasteiger partial charge is 0.320 e. The van der Waals surface area contributed by atoms with E-state index in [0.717, 1.165) is 12.8 Å². The second kappa shape index (κ2) is 9.20. The third-order valence-electron chi connectivity index (χ3n) is 3.63. The Balaban J connectivity index is 2.19. The molecule has 1 rings (SSSR count). The maximum Gasteiger partial charge on any atom is 0.320 e. The molecule has 0 radical (unpaired) electrons. The van der Waals surface area contributed by atoms with Gasteiger partial charge in [0, 0.05) is 12.5 Å². The van der Waals surface area contributed by atoms with Gasteiger partial charge in [0.15, 0.2) is 0 Å². The highest BCUT2D eigenvalue weighted by molar-refractivity contribution is 5.76. The first kappa shape index (κ1) is 18.2. The lowest BCUT2D eigenvalue weighted by Gasteiger charge is -2.15. The summed E-state index contributed by atoms with van der Waals surface area (Å²) in [6.45, 7) is 3.92. The normalized spacial score (nSPS) is 13.4. The molecule has 0 bridgehead atoms. The van der Waals surface area contributed by atoms with Crippen LogP contribution in [-0.2, 0) is 16.0 Å². The summed E-state index contributed by atoms with van der Waals surface area (Å²) in [5.74, 6) is -1.000. The fourth-order valence-corrected chi connectivity index (χ4v) is 2.18. The lowest BCUT2D eigenvalue weighted by molar-refractivity contribution is -0.138. The van der Waals surface area contributed by atoms with Gasteiger partial charge in [0.25, 0.3) is 0 Å². The first-order valence-corrected chi connectivity index (χ1v) is 7.71. The van der Waals surface area contributed by atoms with Gasteiger partial charge >= 0.3 is 5.97 Å². The highest BCUT2D eigenvalue weighted by Crippen LogP contribution is 2.07. The number of aryl methyl sites for hydroxylation is 2. The van der Waals surface area contributed by atoms with Crippen LogP contribution in [0.3, 0.4) is 0 Å². The molecule has 1 amide bonds. The molecule has 5 heteroatoms. The van der Waals surface area contributed by atoms with Crippen LogP contribution in [0.15, 0.2) is 24.3 Å². The Labute approximate surface area is 131 Å². The zero-order valence-corrected chi connectivity index (χ0v) is 13.3. The third-order valence-corrected chi connectivity index (χ3v) is 3.63. The highest BCUT2D eigenvalue weighted by atomic mass is 16.4. The van der Waals surface area contributed by atoms with Gasteiger partial charge in [-0.3, -0.25) is 9.59 Å². The van der Waals surface area contributed by atoms with Crippen molar-refractivity contribution in [2.75, 3.05) is 0 Å². The Hall–Kier alpha value is -1.88. The van der Waals surface area contributed by atoms with E-state index in [0.29, 0.717) is 19.3 Å². The van der Waals surface area contributed by atoms with E-state index in [2.05, 4.69) is 36.5 Å². The van der Waals surface area contributed by atoms with Gasteiger partial charge in [-0.1, -0.05) is 29.8 Å². The Morgan fingerprint density at radius 2 is 1.86 bits per heavy atom. The van der Waals surface area contributed by atoms with Crippen molar-refractivity contribution in [3.05, 3.63) is 35.4 Å². The molecular weight excluding hydrogens is 280 g/mol. The van der Waals surface area contributed by atoms with Crippen molar-refractivity contribution >= 4 is 11.9 Å². The molecule has 0 aromatic heterocycles. The van der Waals surface area contributed by atoms with Crippen molar-refractivity contribution in [2.45, 2.75) is 58.0 Å². The predicted octanol–water partition coefficient (Wildman–Crippen LogP) is 2.01. The van der Waals surface area contributed by atoms with Crippen LogP contribution in [0.1, 0.15) is 43.7 Å². The first-order chi connectivity index (χ1) is 10.4. The second-order valence-electron chi connectivity index (χ2n) is 5.83. The topological polar surface area (TPSA) is 92.4 Å². The molecule has 4 N–H and O–H groups in total. The summed E-state index contributed by atoms with van der Waals surface area (Å²) >= 11 is 0. The number of carbonyl (C=O) groups excluding carboxylic acids is 1. The van der Waals surface area contributed by atoms with Crippen molar-refractivity contribution < 1.29 is 14.7 Å². The molecule has 2 atom stereocenters. The predicted molar refractivity (Wildman–Crippen MR) is 86.6 cm³/mol. The highest BCUT2D eigenvalue weighted by Gasteiger charge is 2.14. The Morgan fingerprint density at radius 1 is 1.23 bits per heavy atom. The molecule has 0 spiro atoms. The number of carboxylic acids is 1. The number of nitrogens with two attached hydrogens (primary N) is 1. The molecule has 1 aromatic rings. The standard InChI is InChI=1S/C17H26N2O3/c1-12-6-9-14(10-7-12)4-3-5-16(20)19-13(2)8-11-15(18)17(21)22/h6-7,9-10,13,15H,3-5,8,11,18H2,1-2H3,(H,19,20)(H,21,22). The number of hydrogen-bond acceptors (Lipinski definition) is 3. The summed E-state index contributed by atoms with van der Waals surface area (Å²) in [5, 5.41) is 11.6. The zero-order chi connectivity index (χ0) is 16.5. The fraction of sp³-hybridized carbons (Fsp3) is 0.529. The van der Waals surface area contributed by atoms with Crippen LogP contribution in [0.4, 0.5) is 0 Å². The number of nitrogens with one attached hydrogen (secondary N) is 1. The van der Waals surface area contributed by atoms with E-state index in [1.807, 2.05) is 6.92 Å². The van der Waals surface area contributed by atoms with Crippen LogP contribution in [-0.4, -0.2) is 29.1 Å². The summed E-state index contributed by atoms with van der Waals surface area (Å²) in [6.07, 6.45) is 3.09. The van der Waals surface area contributed by atoms with Gasteiger partial charge in [-0.15, -0.1) is 0 Å². The largest absolute Gasteiger partial charge is 0.480 e. The maximum atomic E-state index is 11.8. The van der Waals surface area contributed by atoms with Crippen LogP contribution in [0.2, 0.25) is 0 Å². The molecule has 2 unspecified atom stereocenters. The van der Waals surface area contributed by atoms with Gasteiger partial charge in [0.2, 0.25) is 5.91 Å². The summed E-state index contributed by atoms with van der Waals surface area (Å²) < 4.78 is 0. The van der Waals surface area contributed by atoms with Crippen LogP contribution in [0, 0.1) is 6.92 Å². The Kier molecular flexibility index (Phi) is 7.60. The molecule has 22 heavy (non-hydrogen) atoms. The summed E-state index contributed by atoms with van der Waals surface area (Å²) in [4.78, 5) is 22.4. The SMILES string of the molecule is Cc1ccc(CCCC(=O)NC(C)CCC(N)C(=O)O)cc1. The molecule has 0 aliphatic heterocycles. The van der Waals surface area contributed by atoms with Gasteiger partial charge in [-0.2, -0.15) is 0 Å². The molecule has 0 fully saturated rings. The average Bonchev–Trinajstić information content (AvgIpc) is 2.46. The fourth-order valence-electron chi connectivity index (χ4n) is 2.18. The van der Waals surface area contributed by atoms with Crippen molar-refractivity contribution in [2.24, 2.45) is 5.73 Å². The van der Waals surface area contributed by atoms with Crippen molar-refractivity contribution in [1.82, 2.24) is 5.32 Å². The van der Waals surface area contributed by atoms with Gasteiger partial charge in [-0.25, -0.2) is 0 Å². The average molecular weight is 306 g/mol. The van der Waals surface area contributed by atoms with Gasteiger partial charge in [-0.05, 0) is 45.1 Å². The Morgan fingerprint density at radius 3 is 2.45 bits per heavy atom. The van der Waals surface area contributed by atoms with E-state index in [4.69, 9.17) is 10.8 Å². The van der Waals surface area contributed by atoms with E-state index in [-0.39, 0.29) is 11.9 Å². The van der Waals surface area contributed by atoms with Crippen molar-refractivity contribution in [1.29, 1.82) is 0 Å². The molecular formula is C17H26N2O3. The minimum atomic E-state index is -1.00. The van der Waals surface area contributed by atoms with E-state index < -0.39 is 12.0 Å². The lowest BCUT2D eigenvalue weighted by atomic mass is 10.1. The van der Waals surface area contributed by atoms with Gasteiger partial charge in [0.05, 0.1) is 0 Å². The van der Waals surface area contributed by atoms with Crippen LogP contribution >= 0.6 is 0 Å². The van der Waals surface area contributed by atoms with Gasteiger partial charge in [0.1, 0.15) is 6.04 Å². The minimum absolute atomic E-state index is 0.00325. The quantitative estimate of drug-likeness (QED) is 0.650. The summed E-state index contributed by atoms with van der Waals surface area (Å²) in [7, 11) is 0. The number of rotatable bonds is 9. The van der Waals surface area contributed by atoms with Crippen molar-refractivity contribution in [3.63, 3.8) is 0 Å². The second-order valence-corrected chi connectivity index (χ2v) is 5.83. The summed E-state index contributed by atoms with van der Waals surface area (Å²) in [5.41, 5.74) is 7.90.